The molecule has 1 heterocycles. The Balaban J connectivity index is 2.17. The van der Waals surface area contributed by atoms with Crippen molar-refractivity contribution in [3.8, 4) is 0 Å². The first-order valence-electron chi connectivity index (χ1n) is 7.54. The third-order valence-corrected chi connectivity index (χ3v) is 3.60. The molecule has 6 nitrogen and oxygen atoms in total. The van der Waals surface area contributed by atoms with Crippen LogP contribution >= 0.6 is 0 Å². The predicted octanol–water partition coefficient (Wildman–Crippen LogP) is 0.163. The third-order valence-electron chi connectivity index (χ3n) is 3.60. The molecule has 0 bridgehead atoms. The first kappa shape index (κ1) is 17.8. The van der Waals surface area contributed by atoms with Crippen LogP contribution in [0.1, 0.15) is 45.4 Å². The number of aliphatic hydroxyl groups excluding tert-OH is 4. The molecule has 120 valence electrons. The van der Waals surface area contributed by atoms with Crippen molar-refractivity contribution >= 4 is 0 Å². The van der Waals surface area contributed by atoms with Crippen LogP contribution in [0, 0.1) is 0 Å². The number of rotatable bonds is 10. The quantitative estimate of drug-likeness (QED) is 0.428. The second-order valence-corrected chi connectivity index (χ2v) is 5.34. The lowest BCUT2D eigenvalue weighted by Gasteiger charge is -2.18. The molecular weight excluding hydrogens is 264 g/mol. The Hall–Kier alpha value is -0.240. The van der Waals surface area contributed by atoms with E-state index in [0.717, 1.165) is 12.8 Å². The van der Waals surface area contributed by atoms with Gasteiger partial charge in [0.2, 0.25) is 0 Å². The van der Waals surface area contributed by atoms with Gasteiger partial charge >= 0.3 is 0 Å². The molecule has 1 aliphatic heterocycles. The van der Waals surface area contributed by atoms with E-state index in [-0.39, 0.29) is 0 Å². The molecule has 0 radical (unpaired) electrons. The van der Waals surface area contributed by atoms with Gasteiger partial charge in [0, 0.05) is 6.61 Å². The maximum atomic E-state index is 9.75. The zero-order chi connectivity index (χ0) is 15.0. The van der Waals surface area contributed by atoms with Crippen LogP contribution < -0.4 is 0 Å². The molecule has 1 saturated heterocycles. The summed E-state index contributed by atoms with van der Waals surface area (Å²) in [6, 6.07) is 0. The van der Waals surface area contributed by atoms with Crippen LogP contribution in [-0.2, 0) is 9.47 Å². The molecule has 0 unspecified atom stereocenters. The lowest BCUT2D eigenvalue weighted by Crippen LogP contribution is -2.40. The molecule has 5 atom stereocenters. The van der Waals surface area contributed by atoms with Crippen LogP contribution in [0.25, 0.3) is 0 Å². The molecule has 6 heteroatoms. The second-order valence-electron chi connectivity index (χ2n) is 5.34. The van der Waals surface area contributed by atoms with Gasteiger partial charge in [-0.15, -0.1) is 0 Å². The maximum absolute atomic E-state index is 9.75. The number of unbranched alkanes of at least 4 members (excludes halogenated alkanes) is 5. The van der Waals surface area contributed by atoms with Crippen LogP contribution in [0.3, 0.4) is 0 Å². The maximum Gasteiger partial charge on any atom is 0.186 e. The topological polar surface area (TPSA) is 99.4 Å². The van der Waals surface area contributed by atoms with Gasteiger partial charge in [0.15, 0.2) is 6.29 Å². The molecule has 4 N–H and O–H groups in total. The van der Waals surface area contributed by atoms with Crippen molar-refractivity contribution in [2.24, 2.45) is 0 Å². The number of hydrogen-bond acceptors (Lipinski definition) is 6. The van der Waals surface area contributed by atoms with Gasteiger partial charge < -0.3 is 29.9 Å². The van der Waals surface area contributed by atoms with E-state index in [9.17, 15) is 15.3 Å². The van der Waals surface area contributed by atoms with Crippen molar-refractivity contribution in [1.82, 2.24) is 0 Å². The highest BCUT2D eigenvalue weighted by atomic mass is 16.7. The molecule has 1 rings (SSSR count). The standard InChI is InChI=1S/C14H28O6/c1-2-3-4-5-6-7-8-19-14-12(18)11(17)13(20-14)10(16)9-15/h10-18H,2-9H2,1H3/t10-,11+,12-,13-,14-/m1/s1. The van der Waals surface area contributed by atoms with E-state index in [1.807, 2.05) is 0 Å². The smallest absolute Gasteiger partial charge is 0.186 e. The molecule has 0 spiro atoms. The molecular formula is C14H28O6. The Morgan fingerprint density at radius 3 is 2.35 bits per heavy atom. The third kappa shape index (κ3) is 5.27. The molecule has 0 aliphatic carbocycles. The Morgan fingerprint density at radius 2 is 1.70 bits per heavy atom. The predicted molar refractivity (Wildman–Crippen MR) is 73.1 cm³/mol. The fraction of sp³-hybridized carbons (Fsp3) is 1.00. The van der Waals surface area contributed by atoms with E-state index in [2.05, 4.69) is 6.92 Å². The molecule has 1 fully saturated rings. The number of hydrogen-bond donors (Lipinski definition) is 4. The summed E-state index contributed by atoms with van der Waals surface area (Å²) in [4.78, 5) is 0. The van der Waals surface area contributed by atoms with Gasteiger partial charge in [-0.3, -0.25) is 0 Å². The lowest BCUT2D eigenvalue weighted by atomic mass is 10.1. The van der Waals surface area contributed by atoms with E-state index < -0.39 is 37.3 Å². The van der Waals surface area contributed by atoms with Gasteiger partial charge in [0.1, 0.15) is 24.4 Å². The van der Waals surface area contributed by atoms with Crippen LogP contribution in [0.4, 0.5) is 0 Å². The first-order chi connectivity index (χ1) is 9.61. The van der Waals surface area contributed by atoms with Crippen LogP contribution in [0.15, 0.2) is 0 Å². The fourth-order valence-corrected chi connectivity index (χ4v) is 2.31. The Kier molecular flexibility index (Phi) is 8.60. The van der Waals surface area contributed by atoms with E-state index >= 15 is 0 Å². The summed E-state index contributed by atoms with van der Waals surface area (Å²) in [5, 5.41) is 37.7. The SMILES string of the molecule is CCCCCCCCO[C@@H]1O[C@H]([C@H](O)CO)[C@@H](O)[C@H]1O. The summed E-state index contributed by atoms with van der Waals surface area (Å²) >= 11 is 0. The molecule has 0 saturated carbocycles. The summed E-state index contributed by atoms with van der Waals surface area (Å²) in [7, 11) is 0. The average molecular weight is 292 g/mol. The summed E-state index contributed by atoms with van der Waals surface area (Å²) in [6.07, 6.45) is 1.19. The zero-order valence-electron chi connectivity index (χ0n) is 12.1. The second kappa shape index (κ2) is 9.65. The van der Waals surface area contributed by atoms with Crippen LogP contribution in [0.2, 0.25) is 0 Å². The fourth-order valence-electron chi connectivity index (χ4n) is 2.31. The van der Waals surface area contributed by atoms with Crippen molar-refractivity contribution in [2.45, 2.75) is 76.2 Å². The molecule has 0 aromatic carbocycles. The van der Waals surface area contributed by atoms with Gasteiger partial charge in [-0.25, -0.2) is 0 Å². The Morgan fingerprint density at radius 1 is 1.05 bits per heavy atom. The lowest BCUT2D eigenvalue weighted by molar-refractivity contribution is -0.181. The van der Waals surface area contributed by atoms with Crippen LogP contribution in [0.5, 0.6) is 0 Å². The Labute approximate surface area is 120 Å². The summed E-state index contributed by atoms with van der Waals surface area (Å²) in [5.41, 5.74) is 0. The zero-order valence-corrected chi connectivity index (χ0v) is 12.1. The first-order valence-corrected chi connectivity index (χ1v) is 7.54. The summed E-state index contributed by atoms with van der Waals surface area (Å²) < 4.78 is 10.6. The van der Waals surface area contributed by atoms with Crippen molar-refractivity contribution in [1.29, 1.82) is 0 Å². The highest BCUT2D eigenvalue weighted by Gasteiger charge is 2.46. The molecule has 0 amide bonds. The minimum Gasteiger partial charge on any atom is -0.394 e. The van der Waals surface area contributed by atoms with E-state index in [4.69, 9.17) is 14.6 Å². The minimum absolute atomic E-state index is 0.447. The Bertz CT molecular complexity index is 250. The van der Waals surface area contributed by atoms with E-state index in [1.165, 1.54) is 25.7 Å². The van der Waals surface area contributed by atoms with Gasteiger partial charge in [-0.1, -0.05) is 39.0 Å². The van der Waals surface area contributed by atoms with E-state index in [0.29, 0.717) is 6.61 Å². The highest BCUT2D eigenvalue weighted by Crippen LogP contribution is 2.24. The van der Waals surface area contributed by atoms with Crippen molar-refractivity contribution < 1.29 is 29.9 Å². The van der Waals surface area contributed by atoms with E-state index in [1.54, 1.807) is 0 Å². The van der Waals surface area contributed by atoms with Crippen molar-refractivity contribution in [2.75, 3.05) is 13.2 Å². The minimum atomic E-state index is -1.24. The van der Waals surface area contributed by atoms with Crippen molar-refractivity contribution in [3.05, 3.63) is 0 Å². The summed E-state index contributed by atoms with van der Waals surface area (Å²) in [6.45, 7) is 2.09. The average Bonchev–Trinajstić information content (AvgIpc) is 2.74. The molecule has 20 heavy (non-hydrogen) atoms. The van der Waals surface area contributed by atoms with Gasteiger partial charge in [0.05, 0.1) is 6.61 Å². The van der Waals surface area contributed by atoms with Crippen molar-refractivity contribution in [3.63, 3.8) is 0 Å². The molecule has 0 aromatic heterocycles. The summed E-state index contributed by atoms with van der Waals surface area (Å²) in [5.74, 6) is 0. The monoisotopic (exact) mass is 292 g/mol. The largest absolute Gasteiger partial charge is 0.394 e. The van der Waals surface area contributed by atoms with Gasteiger partial charge in [-0.05, 0) is 6.42 Å². The number of aliphatic hydroxyl groups is 4. The molecule has 0 aromatic rings. The number of ether oxygens (including phenoxy) is 2. The van der Waals surface area contributed by atoms with Gasteiger partial charge in [0.25, 0.3) is 0 Å². The van der Waals surface area contributed by atoms with Crippen LogP contribution in [-0.4, -0.2) is 64.3 Å². The normalized spacial score (nSPS) is 31.6. The highest BCUT2D eigenvalue weighted by molar-refractivity contribution is 4.90. The van der Waals surface area contributed by atoms with Gasteiger partial charge in [-0.2, -0.15) is 0 Å². The molecule has 1 aliphatic rings.